The molecule has 0 unspecified atom stereocenters. The second-order valence-electron chi connectivity index (χ2n) is 5.55. The number of nitrogens with zero attached hydrogens (tertiary/aromatic N) is 2. The molecule has 8 nitrogen and oxygen atoms in total. The molecule has 0 saturated carbocycles. The van der Waals surface area contributed by atoms with E-state index >= 15 is 0 Å². The lowest BCUT2D eigenvalue weighted by Gasteiger charge is -2.13. The number of para-hydroxylation sites is 1. The Morgan fingerprint density at radius 1 is 1.25 bits per heavy atom. The predicted molar refractivity (Wildman–Crippen MR) is 106 cm³/mol. The molecule has 0 atom stereocenters. The minimum Gasteiger partial charge on any atom is -0.490 e. The number of carbonyl (C=O) groups excluding carboxylic acids is 1. The van der Waals surface area contributed by atoms with E-state index in [-0.39, 0.29) is 12.1 Å². The molecule has 148 valence electrons. The zero-order chi connectivity index (χ0) is 20.5. The van der Waals surface area contributed by atoms with E-state index in [1.54, 1.807) is 24.3 Å². The molecule has 0 spiro atoms. The van der Waals surface area contributed by atoms with Gasteiger partial charge in [0.15, 0.2) is 11.5 Å². The van der Waals surface area contributed by atoms with Crippen molar-refractivity contribution < 1.29 is 19.2 Å². The molecule has 0 aliphatic carbocycles. The van der Waals surface area contributed by atoms with Gasteiger partial charge < -0.3 is 9.47 Å². The Bertz CT molecular complexity index is 886. The first-order valence-corrected chi connectivity index (χ1v) is 8.97. The summed E-state index contributed by atoms with van der Waals surface area (Å²) in [6, 6.07) is 9.38. The third-order valence-electron chi connectivity index (χ3n) is 3.56. The van der Waals surface area contributed by atoms with Crippen molar-refractivity contribution in [3.63, 3.8) is 0 Å². The van der Waals surface area contributed by atoms with Gasteiger partial charge in [-0.05, 0) is 31.5 Å². The maximum atomic E-state index is 12.0. The number of halogens is 1. The Kier molecular flexibility index (Phi) is 7.76. The van der Waals surface area contributed by atoms with Crippen molar-refractivity contribution in [3.05, 3.63) is 62.7 Å². The molecule has 1 amide bonds. The molecule has 0 fully saturated rings. The summed E-state index contributed by atoms with van der Waals surface area (Å²) in [5.74, 6) is 0.445. The third-order valence-corrected chi connectivity index (χ3v) is 3.84. The van der Waals surface area contributed by atoms with Crippen molar-refractivity contribution in [1.29, 1.82) is 0 Å². The molecule has 0 radical (unpaired) electrons. The molecule has 2 aromatic rings. The molecule has 2 aromatic carbocycles. The average molecular weight is 406 g/mol. The van der Waals surface area contributed by atoms with Crippen LogP contribution in [0.4, 0.5) is 5.69 Å². The number of carbonyl (C=O) groups is 1. The fourth-order valence-corrected chi connectivity index (χ4v) is 2.71. The summed E-state index contributed by atoms with van der Waals surface area (Å²) in [6.45, 7) is 4.56. The van der Waals surface area contributed by atoms with Gasteiger partial charge in [0.25, 0.3) is 5.69 Å². The highest BCUT2D eigenvalue weighted by atomic mass is 35.5. The maximum Gasteiger partial charge on any atom is 0.273 e. The number of ether oxygens (including phenoxy) is 2. The first-order chi connectivity index (χ1) is 13.5. The first-order valence-electron chi connectivity index (χ1n) is 8.59. The van der Waals surface area contributed by atoms with Crippen molar-refractivity contribution in [2.75, 3.05) is 13.2 Å². The Labute approximate surface area is 167 Å². The van der Waals surface area contributed by atoms with Crippen LogP contribution in [0.2, 0.25) is 5.02 Å². The molecule has 0 aliphatic heterocycles. The number of rotatable bonds is 9. The summed E-state index contributed by atoms with van der Waals surface area (Å²) in [5, 5.41) is 15.2. The highest BCUT2D eigenvalue weighted by molar-refractivity contribution is 6.32. The molecular formula is C19H20ClN3O5. The fraction of sp³-hybridized carbons (Fsp3) is 0.263. The Morgan fingerprint density at radius 3 is 2.64 bits per heavy atom. The number of benzene rings is 2. The number of nitrogens with one attached hydrogen (secondary N) is 1. The van der Waals surface area contributed by atoms with Gasteiger partial charge >= 0.3 is 0 Å². The second kappa shape index (κ2) is 10.3. The van der Waals surface area contributed by atoms with Gasteiger partial charge in [0.1, 0.15) is 0 Å². The van der Waals surface area contributed by atoms with Crippen molar-refractivity contribution >= 4 is 29.4 Å². The summed E-state index contributed by atoms with van der Waals surface area (Å²) in [4.78, 5) is 22.5. The lowest BCUT2D eigenvalue weighted by atomic mass is 10.1. The molecule has 2 rings (SSSR count). The molecule has 28 heavy (non-hydrogen) atoms. The van der Waals surface area contributed by atoms with Crippen LogP contribution in [0.25, 0.3) is 0 Å². The Balaban J connectivity index is 2.08. The standard InChI is InChI=1S/C19H20ClN3O5/c1-3-27-17-10-13(9-15(20)19(17)28-4-2)12-21-22-18(24)11-14-7-5-6-8-16(14)23(25)26/h5-10,12H,3-4,11H2,1-2H3,(H,22,24). The van der Waals surface area contributed by atoms with E-state index in [4.69, 9.17) is 21.1 Å². The minimum atomic E-state index is -0.525. The SMILES string of the molecule is CCOc1cc(C=NNC(=O)Cc2ccccc2[N+](=O)[O-])cc(Cl)c1OCC. The van der Waals surface area contributed by atoms with Gasteiger partial charge in [-0.25, -0.2) is 5.43 Å². The van der Waals surface area contributed by atoms with Gasteiger partial charge in [-0.1, -0.05) is 29.8 Å². The van der Waals surface area contributed by atoms with Gasteiger partial charge in [-0.3, -0.25) is 14.9 Å². The number of hydrogen-bond acceptors (Lipinski definition) is 6. The highest BCUT2D eigenvalue weighted by Gasteiger charge is 2.15. The third kappa shape index (κ3) is 5.68. The quantitative estimate of drug-likeness (QED) is 0.389. The molecule has 0 heterocycles. The van der Waals surface area contributed by atoms with E-state index in [9.17, 15) is 14.9 Å². The Hall–Kier alpha value is -3.13. The number of amides is 1. The van der Waals surface area contributed by atoms with Gasteiger partial charge in [0, 0.05) is 11.6 Å². The smallest absolute Gasteiger partial charge is 0.273 e. The van der Waals surface area contributed by atoms with E-state index in [1.807, 2.05) is 13.8 Å². The van der Waals surface area contributed by atoms with Crippen LogP contribution in [0.5, 0.6) is 11.5 Å². The van der Waals surface area contributed by atoms with Crippen molar-refractivity contribution in [1.82, 2.24) is 5.43 Å². The van der Waals surface area contributed by atoms with Crippen molar-refractivity contribution in [3.8, 4) is 11.5 Å². The molecule has 1 N–H and O–H groups in total. The first kappa shape index (κ1) is 21.2. The zero-order valence-corrected chi connectivity index (χ0v) is 16.2. The van der Waals surface area contributed by atoms with Crippen LogP contribution in [0.3, 0.4) is 0 Å². The summed E-state index contributed by atoms with van der Waals surface area (Å²) < 4.78 is 11.0. The van der Waals surface area contributed by atoms with Gasteiger partial charge in [0.05, 0.1) is 35.8 Å². The monoisotopic (exact) mass is 405 g/mol. The van der Waals surface area contributed by atoms with Crippen LogP contribution in [-0.4, -0.2) is 30.3 Å². The predicted octanol–water partition coefficient (Wildman–Crippen LogP) is 3.74. The van der Waals surface area contributed by atoms with Gasteiger partial charge in [-0.2, -0.15) is 5.10 Å². The minimum absolute atomic E-state index is 0.110. The average Bonchev–Trinajstić information content (AvgIpc) is 2.65. The van der Waals surface area contributed by atoms with Crippen molar-refractivity contribution in [2.24, 2.45) is 5.10 Å². The van der Waals surface area contributed by atoms with Crippen LogP contribution in [0.1, 0.15) is 25.0 Å². The number of nitro groups is 1. The largest absolute Gasteiger partial charge is 0.490 e. The lowest BCUT2D eigenvalue weighted by Crippen LogP contribution is -2.20. The van der Waals surface area contributed by atoms with Crippen LogP contribution >= 0.6 is 11.6 Å². The van der Waals surface area contributed by atoms with Gasteiger partial charge in [0.2, 0.25) is 5.91 Å². The summed E-state index contributed by atoms with van der Waals surface area (Å²) in [7, 11) is 0. The Morgan fingerprint density at radius 2 is 1.96 bits per heavy atom. The number of hydrogen-bond donors (Lipinski definition) is 1. The van der Waals surface area contributed by atoms with Crippen LogP contribution in [-0.2, 0) is 11.2 Å². The van der Waals surface area contributed by atoms with Gasteiger partial charge in [-0.15, -0.1) is 0 Å². The molecule has 0 bridgehead atoms. The van der Waals surface area contributed by atoms with Crippen LogP contribution < -0.4 is 14.9 Å². The van der Waals surface area contributed by atoms with Crippen molar-refractivity contribution in [2.45, 2.75) is 20.3 Å². The zero-order valence-electron chi connectivity index (χ0n) is 15.5. The fourth-order valence-electron chi connectivity index (χ4n) is 2.44. The summed E-state index contributed by atoms with van der Waals surface area (Å²) in [6.07, 6.45) is 1.24. The van der Waals surface area contributed by atoms with E-state index in [2.05, 4.69) is 10.5 Å². The normalized spacial score (nSPS) is 10.7. The van der Waals surface area contributed by atoms with Crippen LogP contribution in [0.15, 0.2) is 41.5 Å². The highest BCUT2D eigenvalue weighted by Crippen LogP contribution is 2.36. The van der Waals surface area contributed by atoms with E-state index in [1.165, 1.54) is 18.3 Å². The molecule has 0 aromatic heterocycles. The second-order valence-corrected chi connectivity index (χ2v) is 5.96. The van der Waals surface area contributed by atoms with E-state index in [0.717, 1.165) is 0 Å². The maximum absolute atomic E-state index is 12.0. The molecule has 0 aliphatic rings. The lowest BCUT2D eigenvalue weighted by molar-refractivity contribution is -0.385. The molecule has 9 heteroatoms. The van der Waals surface area contributed by atoms with E-state index < -0.39 is 10.8 Å². The van der Waals surface area contributed by atoms with Crippen LogP contribution in [0, 0.1) is 10.1 Å². The number of hydrazone groups is 1. The summed E-state index contributed by atoms with van der Waals surface area (Å²) in [5.41, 5.74) is 3.15. The topological polar surface area (TPSA) is 103 Å². The van der Waals surface area contributed by atoms with E-state index in [0.29, 0.717) is 40.9 Å². The molecular weight excluding hydrogens is 386 g/mol. The molecule has 0 saturated heterocycles. The number of nitro benzene ring substituents is 1. The summed E-state index contributed by atoms with van der Waals surface area (Å²) >= 11 is 6.23.